The Morgan fingerprint density at radius 1 is 1.24 bits per heavy atom. The average Bonchev–Trinajstić information content (AvgIpc) is 2.88. The van der Waals surface area contributed by atoms with Crippen LogP contribution in [0.4, 0.5) is 5.69 Å². The summed E-state index contributed by atoms with van der Waals surface area (Å²) in [4.78, 5) is 23.7. The normalized spacial score (nSPS) is 11.8. The number of aryl methyl sites for hydroxylation is 2. The van der Waals surface area contributed by atoms with Gasteiger partial charge in [-0.15, -0.1) is 0 Å². The maximum absolute atomic E-state index is 11.9. The number of aromatic nitrogens is 1. The summed E-state index contributed by atoms with van der Waals surface area (Å²) in [6.07, 6.45) is -0.941. The monoisotopic (exact) mass is 288 g/mol. The number of esters is 1. The van der Waals surface area contributed by atoms with E-state index < -0.39 is 18.0 Å². The van der Waals surface area contributed by atoms with Crippen LogP contribution in [0.15, 0.2) is 34.9 Å². The summed E-state index contributed by atoms with van der Waals surface area (Å²) in [7, 11) is 0. The molecule has 6 nitrogen and oxygen atoms in total. The first-order chi connectivity index (χ1) is 9.95. The summed E-state index contributed by atoms with van der Waals surface area (Å²) in [5, 5.41) is 6.26. The van der Waals surface area contributed by atoms with Gasteiger partial charge in [0.05, 0.1) is 5.69 Å². The highest BCUT2D eigenvalue weighted by Gasteiger charge is 2.21. The highest BCUT2D eigenvalue weighted by Crippen LogP contribution is 2.11. The number of nitrogens with zero attached hydrogens (tertiary/aromatic N) is 1. The minimum atomic E-state index is -0.941. The van der Waals surface area contributed by atoms with Crippen molar-refractivity contribution in [2.45, 2.75) is 26.9 Å². The van der Waals surface area contributed by atoms with E-state index in [1.807, 2.05) is 19.1 Å². The molecule has 0 bridgehead atoms. The molecule has 0 saturated heterocycles. The largest absolute Gasteiger partial charge is 0.447 e. The lowest BCUT2D eigenvalue weighted by atomic mass is 10.2. The minimum absolute atomic E-state index is 0.0255. The Balaban J connectivity index is 1.93. The van der Waals surface area contributed by atoms with Crippen LogP contribution in [-0.4, -0.2) is 23.1 Å². The van der Waals surface area contributed by atoms with Gasteiger partial charge >= 0.3 is 5.97 Å². The van der Waals surface area contributed by atoms with E-state index in [0.717, 1.165) is 5.56 Å². The second kappa shape index (κ2) is 6.21. The van der Waals surface area contributed by atoms with E-state index in [-0.39, 0.29) is 5.76 Å². The van der Waals surface area contributed by atoms with Gasteiger partial charge < -0.3 is 14.6 Å². The maximum atomic E-state index is 11.9. The van der Waals surface area contributed by atoms with Gasteiger partial charge in [-0.2, -0.15) is 0 Å². The van der Waals surface area contributed by atoms with Crippen molar-refractivity contribution in [2.24, 2.45) is 0 Å². The smallest absolute Gasteiger partial charge is 0.377 e. The molecule has 1 amide bonds. The van der Waals surface area contributed by atoms with Crippen LogP contribution in [0.3, 0.4) is 0 Å². The number of nitrogens with one attached hydrogen (secondary N) is 1. The zero-order valence-electron chi connectivity index (χ0n) is 12.0. The number of rotatable bonds is 4. The van der Waals surface area contributed by atoms with Crippen molar-refractivity contribution >= 4 is 17.6 Å². The van der Waals surface area contributed by atoms with Crippen molar-refractivity contribution < 1.29 is 18.8 Å². The predicted molar refractivity (Wildman–Crippen MR) is 75.9 cm³/mol. The quantitative estimate of drug-likeness (QED) is 0.874. The van der Waals surface area contributed by atoms with Crippen molar-refractivity contribution in [3.8, 4) is 0 Å². The maximum Gasteiger partial charge on any atom is 0.377 e. The first-order valence-corrected chi connectivity index (χ1v) is 6.47. The fourth-order valence-electron chi connectivity index (χ4n) is 1.61. The van der Waals surface area contributed by atoms with E-state index in [1.54, 1.807) is 19.1 Å². The molecule has 1 N–H and O–H groups in total. The Labute approximate surface area is 122 Å². The highest BCUT2D eigenvalue weighted by molar-refractivity contribution is 5.96. The van der Waals surface area contributed by atoms with Gasteiger partial charge in [-0.05, 0) is 32.9 Å². The number of carbonyl (C=O) groups is 2. The van der Waals surface area contributed by atoms with Gasteiger partial charge in [-0.3, -0.25) is 4.79 Å². The Hall–Kier alpha value is -2.63. The van der Waals surface area contributed by atoms with Crippen molar-refractivity contribution in [3.05, 3.63) is 47.3 Å². The Bertz CT molecular complexity index is 646. The number of amides is 1. The van der Waals surface area contributed by atoms with E-state index >= 15 is 0 Å². The molecule has 0 radical (unpaired) electrons. The predicted octanol–water partition coefficient (Wildman–Crippen LogP) is 2.48. The lowest BCUT2D eigenvalue weighted by molar-refractivity contribution is -0.123. The number of anilines is 1. The van der Waals surface area contributed by atoms with Crippen LogP contribution in [0, 0.1) is 13.8 Å². The number of carbonyl (C=O) groups excluding carboxylic acids is 2. The van der Waals surface area contributed by atoms with Crippen molar-refractivity contribution in [1.82, 2.24) is 5.16 Å². The zero-order chi connectivity index (χ0) is 15.4. The first kappa shape index (κ1) is 14.8. The molecule has 2 rings (SSSR count). The average molecular weight is 288 g/mol. The summed E-state index contributed by atoms with van der Waals surface area (Å²) in [5.74, 6) is -1.16. The molecule has 2 aromatic rings. The van der Waals surface area contributed by atoms with Crippen LogP contribution < -0.4 is 5.32 Å². The molecule has 0 aliphatic carbocycles. The van der Waals surface area contributed by atoms with E-state index in [0.29, 0.717) is 11.4 Å². The summed E-state index contributed by atoms with van der Waals surface area (Å²) >= 11 is 0. The molecule has 0 aliphatic rings. The van der Waals surface area contributed by atoms with Crippen LogP contribution in [0.5, 0.6) is 0 Å². The molecule has 1 aromatic heterocycles. The van der Waals surface area contributed by atoms with Crippen LogP contribution >= 0.6 is 0 Å². The zero-order valence-corrected chi connectivity index (χ0v) is 12.0. The topological polar surface area (TPSA) is 81.4 Å². The summed E-state index contributed by atoms with van der Waals surface area (Å²) in [6.45, 7) is 5.13. The van der Waals surface area contributed by atoms with E-state index in [4.69, 9.17) is 9.26 Å². The highest BCUT2D eigenvalue weighted by atomic mass is 16.6. The van der Waals surface area contributed by atoms with Crippen molar-refractivity contribution in [3.63, 3.8) is 0 Å². The number of hydrogen-bond acceptors (Lipinski definition) is 5. The van der Waals surface area contributed by atoms with Crippen molar-refractivity contribution in [2.75, 3.05) is 5.32 Å². The van der Waals surface area contributed by atoms with Gasteiger partial charge in [0.25, 0.3) is 5.91 Å². The Morgan fingerprint density at radius 3 is 2.48 bits per heavy atom. The minimum Gasteiger partial charge on any atom is -0.447 e. The second-order valence-electron chi connectivity index (χ2n) is 4.74. The number of benzene rings is 1. The molecule has 21 heavy (non-hydrogen) atoms. The molecule has 0 fully saturated rings. The SMILES string of the molecule is Cc1ccc(NC(=O)[C@H](C)OC(=O)c2cc(C)no2)cc1. The summed E-state index contributed by atoms with van der Waals surface area (Å²) < 4.78 is 9.80. The lowest BCUT2D eigenvalue weighted by Gasteiger charge is -2.12. The molecular weight excluding hydrogens is 272 g/mol. The standard InChI is InChI=1S/C15H16N2O4/c1-9-4-6-12(7-5-9)16-14(18)11(3)20-15(19)13-8-10(2)17-21-13/h4-8,11H,1-3H3,(H,16,18)/t11-/m0/s1. The van der Waals surface area contributed by atoms with Crippen LogP contribution in [0.25, 0.3) is 0 Å². The molecule has 6 heteroatoms. The van der Waals surface area contributed by atoms with Gasteiger partial charge in [0.1, 0.15) is 0 Å². The molecule has 0 spiro atoms. The van der Waals surface area contributed by atoms with Gasteiger partial charge in [0.15, 0.2) is 6.10 Å². The molecule has 1 aromatic carbocycles. The van der Waals surface area contributed by atoms with Gasteiger partial charge in [0, 0.05) is 11.8 Å². The van der Waals surface area contributed by atoms with Crippen LogP contribution in [0.2, 0.25) is 0 Å². The molecule has 110 valence electrons. The Morgan fingerprint density at radius 2 is 1.90 bits per heavy atom. The molecule has 0 saturated carbocycles. The molecule has 1 heterocycles. The van der Waals surface area contributed by atoms with E-state index in [1.165, 1.54) is 13.0 Å². The van der Waals surface area contributed by atoms with Crippen LogP contribution in [0.1, 0.15) is 28.7 Å². The molecular formula is C15H16N2O4. The third-order valence-corrected chi connectivity index (χ3v) is 2.80. The Kier molecular flexibility index (Phi) is 4.37. The third kappa shape index (κ3) is 3.92. The van der Waals surface area contributed by atoms with Gasteiger partial charge in [-0.1, -0.05) is 22.9 Å². The van der Waals surface area contributed by atoms with Crippen LogP contribution in [-0.2, 0) is 9.53 Å². The molecule has 0 unspecified atom stereocenters. The van der Waals surface area contributed by atoms with Gasteiger partial charge in [-0.25, -0.2) is 4.79 Å². The first-order valence-electron chi connectivity index (χ1n) is 6.47. The number of hydrogen-bond donors (Lipinski definition) is 1. The van der Waals surface area contributed by atoms with E-state index in [2.05, 4.69) is 10.5 Å². The third-order valence-electron chi connectivity index (χ3n) is 2.80. The summed E-state index contributed by atoms with van der Waals surface area (Å²) in [5.41, 5.74) is 2.30. The number of ether oxygens (including phenoxy) is 1. The fraction of sp³-hybridized carbons (Fsp3) is 0.267. The molecule has 1 atom stereocenters. The second-order valence-corrected chi connectivity index (χ2v) is 4.74. The fourth-order valence-corrected chi connectivity index (χ4v) is 1.61. The van der Waals surface area contributed by atoms with Gasteiger partial charge in [0.2, 0.25) is 5.76 Å². The molecule has 0 aliphatic heterocycles. The van der Waals surface area contributed by atoms with Crippen molar-refractivity contribution in [1.29, 1.82) is 0 Å². The lowest BCUT2D eigenvalue weighted by Crippen LogP contribution is -2.29. The summed E-state index contributed by atoms with van der Waals surface area (Å²) in [6, 6.07) is 8.77. The van der Waals surface area contributed by atoms with E-state index in [9.17, 15) is 9.59 Å².